The van der Waals surface area contributed by atoms with Gasteiger partial charge in [0.2, 0.25) is 0 Å². The minimum atomic E-state index is 0.740. The molecule has 1 aromatic rings. The summed E-state index contributed by atoms with van der Waals surface area (Å²) in [7, 11) is 0. The molecule has 4 nitrogen and oxygen atoms in total. The Balaban J connectivity index is 1.49. The number of nitrogens with zero attached hydrogens (tertiary/aromatic N) is 1. The molecule has 18 heavy (non-hydrogen) atoms. The zero-order valence-corrected chi connectivity index (χ0v) is 11.6. The molecule has 2 rings (SSSR count). The van der Waals surface area contributed by atoms with Crippen LogP contribution in [0.25, 0.3) is 0 Å². The van der Waals surface area contributed by atoms with Crippen molar-refractivity contribution in [2.45, 2.75) is 45.6 Å². The molecule has 1 aliphatic rings. The van der Waals surface area contributed by atoms with E-state index in [0.717, 1.165) is 38.0 Å². The van der Waals surface area contributed by atoms with Crippen LogP contribution in [0, 0.1) is 5.92 Å². The van der Waals surface area contributed by atoms with Crippen molar-refractivity contribution in [1.29, 1.82) is 0 Å². The van der Waals surface area contributed by atoms with Crippen LogP contribution in [-0.2, 0) is 6.54 Å². The second-order valence-corrected chi connectivity index (χ2v) is 5.72. The van der Waals surface area contributed by atoms with Crippen molar-refractivity contribution in [3.8, 4) is 0 Å². The Morgan fingerprint density at radius 2 is 2.11 bits per heavy atom. The van der Waals surface area contributed by atoms with Gasteiger partial charge in [-0.1, -0.05) is 13.8 Å². The Labute approximate surface area is 110 Å². The largest absolute Gasteiger partial charge is 0.316 e. The number of hydrogen-bond acceptors (Lipinski definition) is 3. The smallest absolute Gasteiger partial charge is 0.0656 e. The molecule has 0 amide bonds. The number of H-pyrrole nitrogens is 1. The summed E-state index contributed by atoms with van der Waals surface area (Å²) in [6, 6.07) is 2.21. The predicted octanol–water partition coefficient (Wildman–Crippen LogP) is 2.01. The highest BCUT2D eigenvalue weighted by Gasteiger charge is 2.25. The van der Waals surface area contributed by atoms with Crippen LogP contribution in [0.5, 0.6) is 0 Å². The van der Waals surface area contributed by atoms with Gasteiger partial charge >= 0.3 is 0 Å². The van der Waals surface area contributed by atoms with Crippen LogP contribution in [0.2, 0.25) is 0 Å². The molecule has 0 aliphatic heterocycles. The molecule has 1 aliphatic carbocycles. The number of hydrogen-bond donors (Lipinski definition) is 3. The molecule has 1 heterocycles. The maximum Gasteiger partial charge on any atom is 0.0656 e. The lowest BCUT2D eigenvalue weighted by molar-refractivity contribution is 0.529. The lowest BCUT2D eigenvalue weighted by Gasteiger charge is -2.07. The lowest BCUT2D eigenvalue weighted by atomic mass is 10.2. The fraction of sp³-hybridized carbons (Fsp3) is 0.786. The fourth-order valence-corrected chi connectivity index (χ4v) is 2.01. The first kappa shape index (κ1) is 13.6. The Bertz CT molecular complexity index is 341. The lowest BCUT2D eigenvalue weighted by Crippen LogP contribution is -2.24. The molecule has 0 aromatic carbocycles. The summed E-state index contributed by atoms with van der Waals surface area (Å²) < 4.78 is 0. The molecule has 1 saturated carbocycles. The molecule has 0 unspecified atom stereocenters. The average Bonchev–Trinajstić information content (AvgIpc) is 3.08. The van der Waals surface area contributed by atoms with Gasteiger partial charge in [-0.25, -0.2) is 0 Å². The molecule has 0 bridgehead atoms. The van der Waals surface area contributed by atoms with Gasteiger partial charge in [0, 0.05) is 18.2 Å². The molecule has 3 N–H and O–H groups in total. The Morgan fingerprint density at radius 3 is 2.83 bits per heavy atom. The van der Waals surface area contributed by atoms with Crippen molar-refractivity contribution in [2.24, 2.45) is 5.92 Å². The number of aromatic nitrogens is 2. The van der Waals surface area contributed by atoms with Crippen molar-refractivity contribution >= 4 is 0 Å². The van der Waals surface area contributed by atoms with E-state index in [1.807, 2.05) is 0 Å². The van der Waals surface area contributed by atoms with E-state index in [1.54, 1.807) is 0 Å². The van der Waals surface area contributed by atoms with Crippen LogP contribution >= 0.6 is 0 Å². The zero-order chi connectivity index (χ0) is 12.8. The van der Waals surface area contributed by atoms with Crippen molar-refractivity contribution in [3.63, 3.8) is 0 Å². The third-order valence-electron chi connectivity index (χ3n) is 3.22. The summed E-state index contributed by atoms with van der Waals surface area (Å²) in [6.07, 6.45) is 3.81. The quantitative estimate of drug-likeness (QED) is 0.588. The van der Waals surface area contributed by atoms with E-state index in [4.69, 9.17) is 0 Å². The van der Waals surface area contributed by atoms with Gasteiger partial charge in [-0.15, -0.1) is 0 Å². The van der Waals surface area contributed by atoms with Crippen LogP contribution in [0.4, 0.5) is 0 Å². The molecule has 0 spiro atoms. The second-order valence-electron chi connectivity index (χ2n) is 5.72. The van der Waals surface area contributed by atoms with E-state index in [9.17, 15) is 0 Å². The zero-order valence-electron chi connectivity index (χ0n) is 11.6. The normalized spacial score (nSPS) is 15.5. The first-order valence-corrected chi connectivity index (χ1v) is 7.21. The van der Waals surface area contributed by atoms with Crippen LogP contribution in [0.15, 0.2) is 6.07 Å². The van der Waals surface area contributed by atoms with E-state index in [2.05, 4.69) is 40.7 Å². The summed E-state index contributed by atoms with van der Waals surface area (Å²) in [6.45, 7) is 8.65. The summed E-state index contributed by atoms with van der Waals surface area (Å²) in [5.74, 6) is 1.49. The minimum absolute atomic E-state index is 0.740. The Kier molecular flexibility index (Phi) is 5.20. The number of rotatable bonds is 9. The Morgan fingerprint density at radius 1 is 1.33 bits per heavy atom. The molecular weight excluding hydrogens is 224 g/mol. The van der Waals surface area contributed by atoms with Crippen molar-refractivity contribution < 1.29 is 0 Å². The highest BCUT2D eigenvalue weighted by Crippen LogP contribution is 2.38. The van der Waals surface area contributed by atoms with Crippen molar-refractivity contribution in [2.75, 3.05) is 19.6 Å². The molecule has 1 aromatic heterocycles. The third-order valence-corrected chi connectivity index (χ3v) is 3.22. The third kappa shape index (κ3) is 4.78. The van der Waals surface area contributed by atoms with Gasteiger partial charge in [-0.2, -0.15) is 5.10 Å². The monoisotopic (exact) mass is 250 g/mol. The van der Waals surface area contributed by atoms with Gasteiger partial charge in [0.15, 0.2) is 0 Å². The van der Waals surface area contributed by atoms with E-state index in [1.165, 1.54) is 30.7 Å². The van der Waals surface area contributed by atoms with E-state index in [-0.39, 0.29) is 0 Å². The average molecular weight is 250 g/mol. The highest BCUT2D eigenvalue weighted by atomic mass is 15.1. The molecule has 1 fully saturated rings. The summed E-state index contributed by atoms with van der Waals surface area (Å²) in [5, 5.41) is 14.4. The van der Waals surface area contributed by atoms with Crippen LogP contribution < -0.4 is 10.6 Å². The topological polar surface area (TPSA) is 52.7 Å². The van der Waals surface area contributed by atoms with Gasteiger partial charge in [0.25, 0.3) is 0 Å². The summed E-state index contributed by atoms with van der Waals surface area (Å²) in [4.78, 5) is 0. The van der Waals surface area contributed by atoms with Gasteiger partial charge in [0.1, 0.15) is 0 Å². The van der Waals surface area contributed by atoms with Crippen LogP contribution in [0.3, 0.4) is 0 Å². The number of nitrogens with one attached hydrogen (secondary N) is 3. The van der Waals surface area contributed by atoms with E-state index >= 15 is 0 Å². The summed E-state index contributed by atoms with van der Waals surface area (Å²) in [5.41, 5.74) is 2.47. The highest BCUT2D eigenvalue weighted by molar-refractivity contribution is 5.17. The molecule has 0 atom stereocenters. The molecule has 0 radical (unpaired) electrons. The SMILES string of the molecule is CC(C)CNCCCNCc1cc(C2CC2)n[nH]1. The summed E-state index contributed by atoms with van der Waals surface area (Å²) >= 11 is 0. The molecule has 0 saturated heterocycles. The van der Waals surface area contributed by atoms with Gasteiger partial charge in [0.05, 0.1) is 5.69 Å². The Hall–Kier alpha value is -0.870. The molecular formula is C14H26N4. The van der Waals surface area contributed by atoms with E-state index < -0.39 is 0 Å². The number of aromatic amines is 1. The van der Waals surface area contributed by atoms with Gasteiger partial charge in [-0.3, -0.25) is 5.10 Å². The fourth-order valence-electron chi connectivity index (χ4n) is 2.01. The first-order chi connectivity index (χ1) is 8.75. The van der Waals surface area contributed by atoms with Crippen molar-refractivity contribution in [1.82, 2.24) is 20.8 Å². The standard InChI is InChI=1S/C14H26N4/c1-11(2)9-15-6-3-7-16-10-13-8-14(18-17-13)12-4-5-12/h8,11-12,15-16H,3-7,9-10H2,1-2H3,(H,17,18). The maximum atomic E-state index is 4.35. The van der Waals surface area contributed by atoms with Gasteiger partial charge in [-0.05, 0) is 50.9 Å². The van der Waals surface area contributed by atoms with Crippen LogP contribution in [0.1, 0.15) is 50.4 Å². The second kappa shape index (κ2) is 6.90. The first-order valence-electron chi connectivity index (χ1n) is 7.21. The van der Waals surface area contributed by atoms with Crippen molar-refractivity contribution in [3.05, 3.63) is 17.5 Å². The predicted molar refractivity (Wildman–Crippen MR) is 74.6 cm³/mol. The minimum Gasteiger partial charge on any atom is -0.316 e. The van der Waals surface area contributed by atoms with E-state index in [0.29, 0.717) is 0 Å². The van der Waals surface area contributed by atoms with Gasteiger partial charge < -0.3 is 10.6 Å². The maximum absolute atomic E-state index is 4.35. The van der Waals surface area contributed by atoms with Crippen LogP contribution in [-0.4, -0.2) is 29.8 Å². The molecule has 102 valence electrons. The molecule has 4 heteroatoms.